The Labute approximate surface area is 113 Å². The van der Waals surface area contributed by atoms with Crippen molar-refractivity contribution in [2.45, 2.75) is 58.5 Å². The molecule has 0 aromatic heterocycles. The highest BCUT2D eigenvalue weighted by Gasteiger charge is 2.26. The maximum atomic E-state index is 5.19. The summed E-state index contributed by atoms with van der Waals surface area (Å²) in [6.07, 6.45) is 5.11. The maximum Gasteiger partial charge on any atom is 0.0477 e. The van der Waals surface area contributed by atoms with Gasteiger partial charge in [-0.1, -0.05) is 6.92 Å². The Morgan fingerprint density at radius 1 is 1.39 bits per heavy atom. The summed E-state index contributed by atoms with van der Waals surface area (Å²) in [4.78, 5) is 2.65. The topological polar surface area (TPSA) is 24.5 Å². The van der Waals surface area contributed by atoms with Gasteiger partial charge in [0.25, 0.3) is 0 Å². The molecule has 0 spiro atoms. The Bertz CT molecular complexity index is 191. The second-order valence-electron chi connectivity index (χ2n) is 5.77. The fourth-order valence-corrected chi connectivity index (χ4v) is 2.86. The molecule has 0 aromatic carbocycles. The van der Waals surface area contributed by atoms with Crippen LogP contribution in [0.25, 0.3) is 0 Å². The lowest BCUT2D eigenvalue weighted by molar-refractivity contribution is 0.0894. The summed E-state index contributed by atoms with van der Waals surface area (Å²) in [5, 5.41) is 3.65. The third kappa shape index (κ3) is 5.25. The lowest BCUT2D eigenvalue weighted by atomic mass is 9.90. The van der Waals surface area contributed by atoms with Crippen molar-refractivity contribution in [3.05, 3.63) is 0 Å². The van der Waals surface area contributed by atoms with E-state index < -0.39 is 0 Å². The van der Waals surface area contributed by atoms with Gasteiger partial charge in [-0.2, -0.15) is 0 Å². The van der Waals surface area contributed by atoms with E-state index in [9.17, 15) is 0 Å². The summed E-state index contributed by atoms with van der Waals surface area (Å²) in [6, 6.07) is 1.31. The molecule has 1 N–H and O–H groups in total. The number of hydrogen-bond donors (Lipinski definition) is 1. The number of rotatable bonds is 8. The average Bonchev–Trinajstić information content (AvgIpc) is 2.42. The SMILES string of the molecule is CCCNC(C)C1CCCN(C(C)CCOC)C1. The predicted octanol–water partition coefficient (Wildman–Crippen LogP) is 2.51. The number of piperidine rings is 1. The summed E-state index contributed by atoms with van der Waals surface area (Å²) < 4.78 is 5.19. The van der Waals surface area contributed by atoms with Crippen molar-refractivity contribution in [3.8, 4) is 0 Å². The summed E-state index contributed by atoms with van der Waals surface area (Å²) in [6.45, 7) is 11.5. The molecule has 0 amide bonds. The smallest absolute Gasteiger partial charge is 0.0477 e. The maximum absolute atomic E-state index is 5.19. The summed E-state index contributed by atoms with van der Waals surface area (Å²) in [7, 11) is 1.79. The minimum Gasteiger partial charge on any atom is -0.385 e. The first-order valence-electron chi connectivity index (χ1n) is 7.65. The molecule has 1 heterocycles. The summed E-state index contributed by atoms with van der Waals surface area (Å²) in [5.41, 5.74) is 0. The molecule has 3 heteroatoms. The number of likely N-dealkylation sites (tertiary alicyclic amines) is 1. The number of nitrogens with zero attached hydrogens (tertiary/aromatic N) is 1. The van der Waals surface area contributed by atoms with Crippen LogP contribution in [0.1, 0.15) is 46.5 Å². The molecule has 3 unspecified atom stereocenters. The molecule has 0 radical (unpaired) electrons. The van der Waals surface area contributed by atoms with Crippen LogP contribution in [0, 0.1) is 5.92 Å². The molecule has 0 bridgehead atoms. The van der Waals surface area contributed by atoms with Crippen LogP contribution in [0.3, 0.4) is 0 Å². The van der Waals surface area contributed by atoms with Gasteiger partial charge in [-0.3, -0.25) is 0 Å². The molecule has 1 aliphatic heterocycles. The van der Waals surface area contributed by atoms with Crippen molar-refractivity contribution in [2.75, 3.05) is 33.4 Å². The first-order valence-corrected chi connectivity index (χ1v) is 7.65. The fourth-order valence-electron chi connectivity index (χ4n) is 2.86. The zero-order valence-corrected chi connectivity index (χ0v) is 12.7. The van der Waals surface area contributed by atoms with Crippen molar-refractivity contribution in [3.63, 3.8) is 0 Å². The van der Waals surface area contributed by atoms with Gasteiger partial charge in [0.05, 0.1) is 0 Å². The van der Waals surface area contributed by atoms with Crippen LogP contribution in [0.5, 0.6) is 0 Å². The van der Waals surface area contributed by atoms with Crippen LogP contribution in [-0.4, -0.2) is 50.3 Å². The monoisotopic (exact) mass is 256 g/mol. The van der Waals surface area contributed by atoms with E-state index in [1.807, 2.05) is 0 Å². The van der Waals surface area contributed by atoms with E-state index in [1.54, 1.807) is 7.11 Å². The highest BCUT2D eigenvalue weighted by molar-refractivity contribution is 4.82. The van der Waals surface area contributed by atoms with E-state index in [0.717, 1.165) is 25.5 Å². The lowest BCUT2D eigenvalue weighted by Crippen LogP contribution is -2.47. The lowest BCUT2D eigenvalue weighted by Gasteiger charge is -2.39. The molecular formula is C15H32N2O. The van der Waals surface area contributed by atoms with E-state index in [1.165, 1.54) is 32.4 Å². The molecule has 108 valence electrons. The molecular weight excluding hydrogens is 224 g/mol. The third-order valence-electron chi connectivity index (χ3n) is 4.28. The largest absolute Gasteiger partial charge is 0.385 e. The van der Waals surface area contributed by atoms with E-state index >= 15 is 0 Å². The molecule has 1 rings (SSSR count). The van der Waals surface area contributed by atoms with Crippen LogP contribution < -0.4 is 5.32 Å². The van der Waals surface area contributed by atoms with Crippen molar-refractivity contribution < 1.29 is 4.74 Å². The second-order valence-corrected chi connectivity index (χ2v) is 5.77. The number of ether oxygens (including phenoxy) is 1. The molecule has 1 saturated heterocycles. The van der Waals surface area contributed by atoms with Gasteiger partial charge in [0.1, 0.15) is 0 Å². The van der Waals surface area contributed by atoms with Crippen LogP contribution >= 0.6 is 0 Å². The van der Waals surface area contributed by atoms with Gasteiger partial charge in [-0.25, -0.2) is 0 Å². The van der Waals surface area contributed by atoms with Crippen molar-refractivity contribution in [2.24, 2.45) is 5.92 Å². The van der Waals surface area contributed by atoms with Gasteiger partial charge in [0.2, 0.25) is 0 Å². The van der Waals surface area contributed by atoms with Crippen LogP contribution in [0.15, 0.2) is 0 Å². The molecule has 3 atom stereocenters. The zero-order chi connectivity index (χ0) is 13.4. The first-order chi connectivity index (χ1) is 8.69. The molecule has 1 aliphatic rings. The van der Waals surface area contributed by atoms with E-state index in [4.69, 9.17) is 4.74 Å². The minimum absolute atomic E-state index is 0.655. The van der Waals surface area contributed by atoms with Crippen LogP contribution in [-0.2, 0) is 4.74 Å². The number of hydrogen-bond acceptors (Lipinski definition) is 3. The van der Waals surface area contributed by atoms with E-state index in [2.05, 4.69) is 31.0 Å². The molecule has 0 saturated carbocycles. The van der Waals surface area contributed by atoms with Gasteiger partial charge >= 0.3 is 0 Å². The molecule has 1 fully saturated rings. The van der Waals surface area contributed by atoms with Crippen molar-refractivity contribution in [1.82, 2.24) is 10.2 Å². The number of nitrogens with one attached hydrogen (secondary N) is 1. The third-order valence-corrected chi connectivity index (χ3v) is 4.28. The Hall–Kier alpha value is -0.120. The zero-order valence-electron chi connectivity index (χ0n) is 12.7. The molecule has 18 heavy (non-hydrogen) atoms. The minimum atomic E-state index is 0.655. The molecule has 3 nitrogen and oxygen atoms in total. The van der Waals surface area contributed by atoms with Gasteiger partial charge in [-0.15, -0.1) is 0 Å². The van der Waals surface area contributed by atoms with Gasteiger partial charge < -0.3 is 15.0 Å². The first kappa shape index (κ1) is 15.9. The fraction of sp³-hybridized carbons (Fsp3) is 1.00. The standard InChI is InChI=1S/C15H32N2O/c1-5-9-16-14(3)15-7-6-10-17(12-15)13(2)8-11-18-4/h13-16H,5-12H2,1-4H3. The Kier molecular flexibility index (Phi) is 7.87. The average molecular weight is 256 g/mol. The Balaban J connectivity index is 2.35. The summed E-state index contributed by atoms with van der Waals surface area (Å²) in [5.74, 6) is 0.815. The van der Waals surface area contributed by atoms with Crippen LogP contribution in [0.4, 0.5) is 0 Å². The van der Waals surface area contributed by atoms with Crippen molar-refractivity contribution >= 4 is 0 Å². The summed E-state index contributed by atoms with van der Waals surface area (Å²) >= 11 is 0. The Morgan fingerprint density at radius 2 is 2.17 bits per heavy atom. The van der Waals surface area contributed by atoms with E-state index in [0.29, 0.717) is 12.1 Å². The molecule has 0 aliphatic carbocycles. The molecule has 0 aromatic rings. The van der Waals surface area contributed by atoms with Gasteiger partial charge in [0.15, 0.2) is 0 Å². The predicted molar refractivity (Wildman–Crippen MR) is 78.0 cm³/mol. The second kappa shape index (κ2) is 8.89. The van der Waals surface area contributed by atoms with Gasteiger partial charge in [-0.05, 0) is 58.5 Å². The normalized spacial score (nSPS) is 25.0. The Morgan fingerprint density at radius 3 is 2.83 bits per heavy atom. The quantitative estimate of drug-likeness (QED) is 0.722. The number of methoxy groups -OCH3 is 1. The van der Waals surface area contributed by atoms with Gasteiger partial charge in [0, 0.05) is 32.3 Å². The highest BCUT2D eigenvalue weighted by Crippen LogP contribution is 2.22. The van der Waals surface area contributed by atoms with Crippen molar-refractivity contribution in [1.29, 1.82) is 0 Å². The highest BCUT2D eigenvalue weighted by atomic mass is 16.5. The van der Waals surface area contributed by atoms with Crippen LogP contribution in [0.2, 0.25) is 0 Å². The van der Waals surface area contributed by atoms with E-state index in [-0.39, 0.29) is 0 Å².